The van der Waals surface area contributed by atoms with E-state index in [2.05, 4.69) is 44.9 Å². The monoisotopic (exact) mass is 313 g/mol. The zero-order valence-electron chi connectivity index (χ0n) is 10.2. The second-order valence-corrected chi connectivity index (χ2v) is 5.43. The molecule has 0 aliphatic heterocycles. The number of benzene rings is 2. The number of nitrogens with zero attached hydrogens (tertiary/aromatic N) is 1. The number of carbonyl (C=O) groups is 1. The molecule has 3 rings (SSSR count). The van der Waals surface area contributed by atoms with Crippen molar-refractivity contribution >= 4 is 33.1 Å². The highest BCUT2D eigenvalue weighted by Gasteiger charge is 2.03. The molecule has 94 valence electrons. The van der Waals surface area contributed by atoms with E-state index in [-0.39, 0.29) is 0 Å². The third kappa shape index (κ3) is 2.47. The minimum absolute atomic E-state index is 0.710. The van der Waals surface area contributed by atoms with Gasteiger partial charge in [-0.25, -0.2) is 0 Å². The number of hydrogen-bond donors (Lipinski definition) is 0. The predicted molar refractivity (Wildman–Crippen MR) is 80.6 cm³/mol. The Labute approximate surface area is 119 Å². The highest BCUT2D eigenvalue weighted by Crippen LogP contribution is 2.19. The van der Waals surface area contributed by atoms with Crippen LogP contribution in [0.25, 0.3) is 10.9 Å². The summed E-state index contributed by atoms with van der Waals surface area (Å²) in [4.78, 5) is 10.9. The molecule has 2 aromatic carbocycles. The molecule has 0 amide bonds. The second kappa shape index (κ2) is 5.02. The van der Waals surface area contributed by atoms with Crippen molar-refractivity contribution in [1.29, 1.82) is 0 Å². The molecule has 19 heavy (non-hydrogen) atoms. The minimum atomic E-state index is 0.710. The first-order valence-electron chi connectivity index (χ1n) is 6.05. The third-order valence-electron chi connectivity index (χ3n) is 3.18. The van der Waals surface area contributed by atoms with Gasteiger partial charge in [-0.15, -0.1) is 0 Å². The first-order chi connectivity index (χ1) is 9.26. The standard InChI is InChI=1S/C16H12BrNO/c17-15-3-1-2-12(8-15)10-18-7-6-14-5-4-13(11-19)9-16(14)18/h1-9,11H,10H2. The topological polar surface area (TPSA) is 22.0 Å². The summed E-state index contributed by atoms with van der Waals surface area (Å²) in [6.07, 6.45) is 2.94. The summed E-state index contributed by atoms with van der Waals surface area (Å²) in [6.45, 7) is 0.797. The molecule has 0 fully saturated rings. The van der Waals surface area contributed by atoms with Gasteiger partial charge in [0.1, 0.15) is 6.29 Å². The molecule has 0 bridgehead atoms. The molecule has 0 saturated carbocycles. The van der Waals surface area contributed by atoms with E-state index in [0.717, 1.165) is 28.2 Å². The van der Waals surface area contributed by atoms with Crippen LogP contribution in [-0.2, 0) is 6.54 Å². The lowest BCUT2D eigenvalue weighted by Gasteiger charge is -2.06. The molecule has 0 spiro atoms. The van der Waals surface area contributed by atoms with Gasteiger partial charge < -0.3 is 4.57 Å². The molecule has 0 aliphatic rings. The second-order valence-electron chi connectivity index (χ2n) is 4.51. The Morgan fingerprint density at radius 1 is 1.11 bits per heavy atom. The van der Waals surface area contributed by atoms with E-state index >= 15 is 0 Å². The Balaban J connectivity index is 2.03. The zero-order valence-corrected chi connectivity index (χ0v) is 11.8. The van der Waals surface area contributed by atoms with E-state index in [0.29, 0.717) is 5.56 Å². The van der Waals surface area contributed by atoms with Crippen LogP contribution in [0.1, 0.15) is 15.9 Å². The van der Waals surface area contributed by atoms with Crippen LogP contribution in [-0.4, -0.2) is 10.9 Å². The third-order valence-corrected chi connectivity index (χ3v) is 3.67. The summed E-state index contributed by atoms with van der Waals surface area (Å²) >= 11 is 3.48. The number of fused-ring (bicyclic) bond motifs is 1. The van der Waals surface area contributed by atoms with Crippen LogP contribution in [0, 0.1) is 0 Å². The summed E-state index contributed by atoms with van der Waals surface area (Å²) in [7, 11) is 0. The molecule has 0 N–H and O–H groups in total. The van der Waals surface area contributed by atoms with Crippen LogP contribution in [0.5, 0.6) is 0 Å². The van der Waals surface area contributed by atoms with Gasteiger partial charge in [-0.2, -0.15) is 0 Å². The van der Waals surface area contributed by atoms with E-state index in [1.807, 2.05) is 30.3 Å². The van der Waals surface area contributed by atoms with Crippen LogP contribution in [0.15, 0.2) is 59.2 Å². The first-order valence-corrected chi connectivity index (χ1v) is 6.84. The molecule has 3 heteroatoms. The molecule has 1 aromatic heterocycles. The summed E-state index contributed by atoms with van der Waals surface area (Å²) in [5.41, 5.74) is 3.02. The Morgan fingerprint density at radius 3 is 2.79 bits per heavy atom. The number of aldehydes is 1. The summed E-state index contributed by atoms with van der Waals surface area (Å²) < 4.78 is 3.24. The minimum Gasteiger partial charge on any atom is -0.343 e. The van der Waals surface area contributed by atoms with Gasteiger partial charge in [0, 0.05) is 28.3 Å². The molecule has 0 aliphatic carbocycles. The maximum absolute atomic E-state index is 10.9. The van der Waals surface area contributed by atoms with Gasteiger partial charge in [0.2, 0.25) is 0 Å². The Kier molecular flexibility index (Phi) is 3.22. The Hall–Kier alpha value is -1.87. The highest BCUT2D eigenvalue weighted by atomic mass is 79.9. The lowest BCUT2D eigenvalue weighted by molar-refractivity contribution is 0.112. The van der Waals surface area contributed by atoms with E-state index < -0.39 is 0 Å². The summed E-state index contributed by atoms with van der Waals surface area (Å²) in [5, 5.41) is 1.15. The lowest BCUT2D eigenvalue weighted by atomic mass is 10.2. The van der Waals surface area contributed by atoms with Crippen molar-refractivity contribution in [2.75, 3.05) is 0 Å². The van der Waals surface area contributed by atoms with Gasteiger partial charge in [-0.3, -0.25) is 4.79 Å². The molecule has 0 atom stereocenters. The average Bonchev–Trinajstić information content (AvgIpc) is 2.81. The lowest BCUT2D eigenvalue weighted by Crippen LogP contribution is -1.98. The zero-order chi connectivity index (χ0) is 13.2. The van der Waals surface area contributed by atoms with Crippen LogP contribution in [0.2, 0.25) is 0 Å². The maximum atomic E-state index is 10.9. The van der Waals surface area contributed by atoms with Gasteiger partial charge in [0.25, 0.3) is 0 Å². The molecule has 0 saturated heterocycles. The van der Waals surface area contributed by atoms with E-state index in [4.69, 9.17) is 0 Å². The largest absolute Gasteiger partial charge is 0.343 e. The SMILES string of the molecule is O=Cc1ccc2ccn(Cc3cccc(Br)c3)c2c1. The number of carbonyl (C=O) groups excluding carboxylic acids is 1. The normalized spacial score (nSPS) is 10.8. The predicted octanol–water partition coefficient (Wildman–Crippen LogP) is 4.26. The van der Waals surface area contributed by atoms with Crippen LogP contribution in [0.4, 0.5) is 0 Å². The van der Waals surface area contributed by atoms with E-state index in [1.54, 1.807) is 0 Å². The number of halogens is 1. The fourth-order valence-electron chi connectivity index (χ4n) is 2.24. The van der Waals surface area contributed by atoms with Crippen molar-refractivity contribution in [3.05, 3.63) is 70.3 Å². The first kappa shape index (κ1) is 12.2. The number of hydrogen-bond acceptors (Lipinski definition) is 1. The molecule has 3 aromatic rings. The molecule has 1 heterocycles. The van der Waals surface area contributed by atoms with Gasteiger partial charge in [0.15, 0.2) is 0 Å². The van der Waals surface area contributed by atoms with E-state index in [9.17, 15) is 4.79 Å². The summed E-state index contributed by atoms with van der Waals surface area (Å²) in [5.74, 6) is 0. The van der Waals surface area contributed by atoms with Gasteiger partial charge in [-0.1, -0.05) is 40.2 Å². The molecular weight excluding hydrogens is 302 g/mol. The van der Waals surface area contributed by atoms with Crippen molar-refractivity contribution in [2.24, 2.45) is 0 Å². The maximum Gasteiger partial charge on any atom is 0.150 e. The van der Waals surface area contributed by atoms with Gasteiger partial charge in [-0.05, 0) is 35.2 Å². The molecular formula is C16H12BrNO. The van der Waals surface area contributed by atoms with Crippen molar-refractivity contribution < 1.29 is 4.79 Å². The van der Waals surface area contributed by atoms with E-state index in [1.165, 1.54) is 5.56 Å². The van der Waals surface area contributed by atoms with Crippen molar-refractivity contribution in [1.82, 2.24) is 4.57 Å². The number of rotatable bonds is 3. The Bertz CT molecular complexity index is 745. The fraction of sp³-hybridized carbons (Fsp3) is 0.0625. The van der Waals surface area contributed by atoms with Crippen LogP contribution >= 0.6 is 15.9 Å². The smallest absolute Gasteiger partial charge is 0.150 e. The van der Waals surface area contributed by atoms with Crippen LogP contribution < -0.4 is 0 Å². The van der Waals surface area contributed by atoms with Gasteiger partial charge >= 0.3 is 0 Å². The average molecular weight is 314 g/mol. The Morgan fingerprint density at radius 2 is 2.00 bits per heavy atom. The quantitative estimate of drug-likeness (QED) is 0.662. The molecule has 0 radical (unpaired) electrons. The summed E-state index contributed by atoms with van der Waals surface area (Å²) in [6, 6.07) is 16.1. The molecule has 0 unspecified atom stereocenters. The van der Waals surface area contributed by atoms with Gasteiger partial charge in [0.05, 0.1) is 0 Å². The highest BCUT2D eigenvalue weighted by molar-refractivity contribution is 9.10. The van der Waals surface area contributed by atoms with Crippen LogP contribution in [0.3, 0.4) is 0 Å². The van der Waals surface area contributed by atoms with Crippen molar-refractivity contribution in [2.45, 2.75) is 6.54 Å². The molecule has 2 nitrogen and oxygen atoms in total. The van der Waals surface area contributed by atoms with Crippen molar-refractivity contribution in [3.8, 4) is 0 Å². The fourth-order valence-corrected chi connectivity index (χ4v) is 2.69. The number of aromatic nitrogens is 1. The van der Waals surface area contributed by atoms with Crippen molar-refractivity contribution in [3.63, 3.8) is 0 Å².